The third-order valence-electron chi connectivity index (χ3n) is 4.98. The third kappa shape index (κ3) is 4.91. The normalized spacial score (nSPS) is 17.7. The number of piperidine rings is 1. The number of aryl methyl sites for hydroxylation is 1. The van der Waals surface area contributed by atoms with E-state index in [9.17, 15) is 13.2 Å². The lowest BCUT2D eigenvalue weighted by Gasteiger charge is -2.30. The molecule has 2 heterocycles. The minimum Gasteiger partial charge on any atom is -0.493 e. The summed E-state index contributed by atoms with van der Waals surface area (Å²) in [4.78, 5) is 13.6. The molecule has 2 aromatic rings. The number of ether oxygens (including phenoxy) is 2. The predicted octanol–water partition coefficient (Wildman–Crippen LogP) is 2.79. The highest BCUT2D eigenvalue weighted by atomic mass is 32.2. The largest absolute Gasteiger partial charge is 0.493 e. The monoisotopic (exact) mass is 438 g/mol. The lowest BCUT2D eigenvalue weighted by Crippen LogP contribution is -2.45. The van der Waals surface area contributed by atoms with Gasteiger partial charge in [0.2, 0.25) is 5.91 Å². The van der Waals surface area contributed by atoms with Crippen LogP contribution in [0.3, 0.4) is 0 Å². The third-order valence-corrected chi connectivity index (χ3v) is 8.31. The Labute approximate surface area is 175 Å². The van der Waals surface area contributed by atoms with Crippen molar-refractivity contribution in [1.29, 1.82) is 0 Å². The fourth-order valence-corrected chi connectivity index (χ4v) is 6.34. The number of hydrogen-bond donors (Lipinski definition) is 1. The van der Waals surface area contributed by atoms with E-state index in [2.05, 4.69) is 5.32 Å². The number of nitrogens with zero attached hydrogens (tertiary/aromatic N) is 1. The van der Waals surface area contributed by atoms with Gasteiger partial charge < -0.3 is 14.8 Å². The summed E-state index contributed by atoms with van der Waals surface area (Å²) in [6.07, 6.45) is 1.34. The van der Waals surface area contributed by atoms with Gasteiger partial charge in [0, 0.05) is 24.5 Å². The van der Waals surface area contributed by atoms with Gasteiger partial charge in [-0.05, 0) is 49.6 Å². The van der Waals surface area contributed by atoms with E-state index in [1.165, 1.54) is 15.6 Å². The number of carbonyl (C=O) groups is 1. The van der Waals surface area contributed by atoms with Gasteiger partial charge in [0.15, 0.2) is 11.5 Å². The van der Waals surface area contributed by atoms with Crippen molar-refractivity contribution in [1.82, 2.24) is 9.62 Å². The van der Waals surface area contributed by atoms with Crippen molar-refractivity contribution >= 4 is 27.3 Å². The van der Waals surface area contributed by atoms with Crippen molar-refractivity contribution < 1.29 is 22.7 Å². The molecule has 3 rings (SSSR count). The van der Waals surface area contributed by atoms with Crippen LogP contribution in [0.25, 0.3) is 0 Å². The molecule has 0 unspecified atom stereocenters. The number of sulfonamides is 1. The first kappa shape index (κ1) is 21.6. The van der Waals surface area contributed by atoms with E-state index in [1.54, 1.807) is 32.4 Å². The second kappa shape index (κ2) is 9.15. The van der Waals surface area contributed by atoms with E-state index in [-0.39, 0.29) is 18.4 Å². The fraction of sp³-hybridized carbons (Fsp3) is 0.450. The Morgan fingerprint density at radius 3 is 2.62 bits per heavy atom. The maximum Gasteiger partial charge on any atom is 0.252 e. The molecule has 1 aromatic carbocycles. The first-order valence-corrected chi connectivity index (χ1v) is 11.7. The highest BCUT2D eigenvalue weighted by Gasteiger charge is 2.33. The minimum atomic E-state index is -3.55. The molecule has 0 bridgehead atoms. The Morgan fingerprint density at radius 2 is 1.97 bits per heavy atom. The molecular weight excluding hydrogens is 412 g/mol. The van der Waals surface area contributed by atoms with Crippen LogP contribution in [0, 0.1) is 12.8 Å². The lowest BCUT2D eigenvalue weighted by atomic mass is 9.98. The zero-order chi connectivity index (χ0) is 21.0. The van der Waals surface area contributed by atoms with Gasteiger partial charge in [0.05, 0.1) is 20.1 Å². The molecule has 0 saturated carbocycles. The predicted molar refractivity (Wildman–Crippen MR) is 112 cm³/mol. The Kier molecular flexibility index (Phi) is 6.81. The number of rotatable bonds is 7. The van der Waals surface area contributed by atoms with E-state index in [0.717, 1.165) is 10.4 Å². The van der Waals surface area contributed by atoms with Crippen molar-refractivity contribution in [2.24, 2.45) is 5.92 Å². The second-order valence-corrected chi connectivity index (χ2v) is 10.4. The quantitative estimate of drug-likeness (QED) is 0.719. The van der Waals surface area contributed by atoms with Crippen LogP contribution < -0.4 is 14.8 Å². The zero-order valence-corrected chi connectivity index (χ0v) is 18.4. The molecule has 1 fully saturated rings. The van der Waals surface area contributed by atoms with Crippen molar-refractivity contribution in [3.8, 4) is 11.5 Å². The van der Waals surface area contributed by atoms with Crippen molar-refractivity contribution in [2.75, 3.05) is 27.3 Å². The fourth-order valence-electron chi connectivity index (χ4n) is 3.38. The summed E-state index contributed by atoms with van der Waals surface area (Å²) < 4.78 is 38.0. The van der Waals surface area contributed by atoms with E-state index in [1.807, 2.05) is 19.1 Å². The first-order valence-electron chi connectivity index (χ1n) is 9.40. The number of amides is 1. The molecule has 0 radical (unpaired) electrons. The number of thiophene rings is 1. The number of nitrogens with one attached hydrogen (secondary N) is 1. The Bertz CT molecular complexity index is 971. The summed E-state index contributed by atoms with van der Waals surface area (Å²) in [5.41, 5.74) is 0.880. The molecule has 9 heteroatoms. The zero-order valence-electron chi connectivity index (χ0n) is 16.8. The molecule has 1 saturated heterocycles. The molecule has 7 nitrogen and oxygen atoms in total. The van der Waals surface area contributed by atoms with E-state index >= 15 is 0 Å². The highest BCUT2D eigenvalue weighted by Crippen LogP contribution is 2.29. The minimum absolute atomic E-state index is 0.137. The average Bonchev–Trinajstić information content (AvgIpc) is 3.19. The van der Waals surface area contributed by atoms with Crippen LogP contribution in [-0.4, -0.2) is 45.9 Å². The van der Waals surface area contributed by atoms with Gasteiger partial charge >= 0.3 is 0 Å². The molecular formula is C20H26N2O5S2. The van der Waals surface area contributed by atoms with Crippen LogP contribution in [0.4, 0.5) is 0 Å². The molecule has 1 aliphatic heterocycles. The summed E-state index contributed by atoms with van der Waals surface area (Å²) in [6.45, 7) is 2.87. The highest BCUT2D eigenvalue weighted by molar-refractivity contribution is 7.91. The van der Waals surface area contributed by atoms with Gasteiger partial charge in [-0.25, -0.2) is 8.42 Å². The Hall–Kier alpha value is -2.10. The Morgan fingerprint density at radius 1 is 1.21 bits per heavy atom. The maximum atomic E-state index is 12.9. The van der Waals surface area contributed by atoms with Crippen molar-refractivity contribution in [3.63, 3.8) is 0 Å². The first-order chi connectivity index (χ1) is 13.8. The van der Waals surface area contributed by atoms with Crippen molar-refractivity contribution in [2.45, 2.75) is 30.5 Å². The summed E-state index contributed by atoms with van der Waals surface area (Å²) in [5.74, 6) is 0.724. The topological polar surface area (TPSA) is 84.9 Å². The molecule has 1 atom stereocenters. The van der Waals surface area contributed by atoms with E-state index < -0.39 is 10.0 Å². The van der Waals surface area contributed by atoms with Gasteiger partial charge in [-0.15, -0.1) is 11.3 Å². The van der Waals surface area contributed by atoms with Crippen LogP contribution in [0.5, 0.6) is 11.5 Å². The van der Waals surface area contributed by atoms with Gasteiger partial charge in [-0.3, -0.25) is 4.79 Å². The van der Waals surface area contributed by atoms with Gasteiger partial charge in [0.25, 0.3) is 10.0 Å². The number of benzene rings is 1. The van der Waals surface area contributed by atoms with E-state index in [0.29, 0.717) is 41.6 Å². The van der Waals surface area contributed by atoms with Crippen molar-refractivity contribution in [3.05, 3.63) is 40.8 Å². The summed E-state index contributed by atoms with van der Waals surface area (Å²) in [6, 6.07) is 8.90. The van der Waals surface area contributed by atoms with Crippen LogP contribution in [0.15, 0.2) is 34.5 Å². The SMILES string of the molecule is COc1ccc(CNC(=O)[C@@H]2CCCN(S(=O)(=O)c3ccc(C)s3)C2)cc1OC. The maximum absolute atomic E-state index is 12.9. The number of hydrogen-bond acceptors (Lipinski definition) is 6. The lowest BCUT2D eigenvalue weighted by molar-refractivity contribution is -0.126. The molecule has 1 aliphatic rings. The van der Waals surface area contributed by atoms with E-state index in [4.69, 9.17) is 9.47 Å². The summed E-state index contributed by atoms with van der Waals surface area (Å²) >= 11 is 1.26. The number of carbonyl (C=O) groups excluding carboxylic acids is 1. The molecule has 29 heavy (non-hydrogen) atoms. The summed E-state index contributed by atoms with van der Waals surface area (Å²) in [7, 11) is -0.419. The molecule has 0 aliphatic carbocycles. The van der Waals surface area contributed by atoms with Crippen LogP contribution in [0.2, 0.25) is 0 Å². The smallest absolute Gasteiger partial charge is 0.252 e. The van der Waals surface area contributed by atoms with Crippen LogP contribution in [-0.2, 0) is 21.4 Å². The van der Waals surface area contributed by atoms with Crippen LogP contribution in [0.1, 0.15) is 23.3 Å². The van der Waals surface area contributed by atoms with Crippen LogP contribution >= 0.6 is 11.3 Å². The molecule has 0 spiro atoms. The van der Waals surface area contributed by atoms with Gasteiger partial charge in [0.1, 0.15) is 4.21 Å². The number of methoxy groups -OCH3 is 2. The summed E-state index contributed by atoms with van der Waals surface area (Å²) in [5, 5.41) is 2.92. The standard InChI is InChI=1S/C20H26N2O5S2/c1-14-6-9-19(28-14)29(24,25)22-10-4-5-16(13-22)20(23)21-12-15-7-8-17(26-2)18(11-15)27-3/h6-9,11,16H,4-5,10,12-13H2,1-3H3,(H,21,23)/t16-/m1/s1. The molecule has 1 N–H and O–H groups in total. The molecule has 158 valence electrons. The van der Waals surface area contributed by atoms with Gasteiger partial charge in [-0.2, -0.15) is 4.31 Å². The van der Waals surface area contributed by atoms with Gasteiger partial charge in [-0.1, -0.05) is 6.07 Å². The second-order valence-electron chi connectivity index (χ2n) is 6.97. The average molecular weight is 439 g/mol. The Balaban J connectivity index is 1.63. The molecule has 1 aromatic heterocycles. The molecule has 1 amide bonds.